The van der Waals surface area contributed by atoms with E-state index in [1.54, 1.807) is 6.08 Å². The van der Waals surface area contributed by atoms with E-state index in [0.717, 1.165) is 18.4 Å². The van der Waals surface area contributed by atoms with Crippen molar-refractivity contribution in [3.63, 3.8) is 0 Å². The maximum absolute atomic E-state index is 11.4. The topological polar surface area (TPSA) is 26.3 Å². The SMILES string of the molecule is CCCCOC(=O)/C=C/c1cc(C)cc(C)c1. The first kappa shape index (κ1) is 13.5. The van der Waals surface area contributed by atoms with Crippen LogP contribution in [0.3, 0.4) is 0 Å². The molecule has 0 aliphatic rings. The van der Waals surface area contributed by atoms with Gasteiger partial charge in [0, 0.05) is 6.08 Å². The lowest BCUT2D eigenvalue weighted by Crippen LogP contribution is -2.01. The van der Waals surface area contributed by atoms with Crippen LogP contribution in [-0.2, 0) is 9.53 Å². The molecule has 0 unspecified atom stereocenters. The second-order valence-electron chi connectivity index (χ2n) is 4.28. The van der Waals surface area contributed by atoms with Gasteiger partial charge in [0.1, 0.15) is 0 Å². The Hall–Kier alpha value is -1.57. The Morgan fingerprint density at radius 2 is 1.88 bits per heavy atom. The molecule has 1 rings (SSSR count). The Morgan fingerprint density at radius 1 is 1.24 bits per heavy atom. The normalized spacial score (nSPS) is 10.8. The highest BCUT2D eigenvalue weighted by Gasteiger charge is 1.97. The molecule has 0 heterocycles. The Kier molecular flexibility index (Phi) is 5.47. The van der Waals surface area contributed by atoms with Gasteiger partial charge in [-0.15, -0.1) is 0 Å². The van der Waals surface area contributed by atoms with Crippen LogP contribution in [0.2, 0.25) is 0 Å². The molecule has 0 N–H and O–H groups in total. The smallest absolute Gasteiger partial charge is 0.330 e. The van der Waals surface area contributed by atoms with Gasteiger partial charge in [0.25, 0.3) is 0 Å². The summed E-state index contributed by atoms with van der Waals surface area (Å²) in [5.74, 6) is -0.266. The fraction of sp³-hybridized carbons (Fsp3) is 0.400. The predicted octanol–water partition coefficient (Wildman–Crippen LogP) is 3.66. The van der Waals surface area contributed by atoms with E-state index in [4.69, 9.17) is 4.74 Å². The summed E-state index contributed by atoms with van der Waals surface area (Å²) in [6.45, 7) is 6.67. The van der Waals surface area contributed by atoms with Crippen molar-refractivity contribution < 1.29 is 9.53 Å². The van der Waals surface area contributed by atoms with Gasteiger partial charge < -0.3 is 4.74 Å². The number of hydrogen-bond acceptors (Lipinski definition) is 2. The lowest BCUT2D eigenvalue weighted by atomic mass is 10.1. The van der Waals surface area contributed by atoms with Crippen LogP contribution in [0.4, 0.5) is 0 Å². The van der Waals surface area contributed by atoms with Crippen molar-refractivity contribution in [3.05, 3.63) is 41.0 Å². The zero-order valence-corrected chi connectivity index (χ0v) is 10.8. The molecule has 2 heteroatoms. The molecule has 1 aromatic carbocycles. The minimum absolute atomic E-state index is 0.266. The molecular weight excluding hydrogens is 212 g/mol. The molecule has 0 fully saturated rings. The summed E-state index contributed by atoms with van der Waals surface area (Å²) in [4.78, 5) is 11.4. The Balaban J connectivity index is 2.54. The molecule has 0 spiro atoms. The first-order valence-electron chi connectivity index (χ1n) is 6.05. The Bertz CT molecular complexity index is 385. The molecule has 0 aliphatic heterocycles. The molecule has 0 bridgehead atoms. The summed E-state index contributed by atoms with van der Waals surface area (Å²) < 4.78 is 5.04. The van der Waals surface area contributed by atoms with E-state index in [1.165, 1.54) is 17.2 Å². The third kappa shape index (κ3) is 5.34. The molecule has 0 saturated carbocycles. The van der Waals surface area contributed by atoms with Crippen LogP contribution in [0.1, 0.15) is 36.5 Å². The quantitative estimate of drug-likeness (QED) is 0.440. The molecular formula is C15H20O2. The van der Waals surface area contributed by atoms with Gasteiger partial charge in [-0.1, -0.05) is 42.7 Å². The largest absolute Gasteiger partial charge is 0.463 e. The fourth-order valence-electron chi connectivity index (χ4n) is 1.64. The summed E-state index contributed by atoms with van der Waals surface area (Å²) in [7, 11) is 0. The van der Waals surface area contributed by atoms with Crippen molar-refractivity contribution in [2.75, 3.05) is 6.61 Å². The third-order valence-corrected chi connectivity index (χ3v) is 2.40. The molecule has 17 heavy (non-hydrogen) atoms. The average Bonchev–Trinajstić information content (AvgIpc) is 2.25. The number of ether oxygens (including phenoxy) is 1. The van der Waals surface area contributed by atoms with Crippen molar-refractivity contribution in [2.24, 2.45) is 0 Å². The highest BCUT2D eigenvalue weighted by molar-refractivity contribution is 5.87. The second kappa shape index (κ2) is 6.89. The average molecular weight is 232 g/mol. The number of rotatable bonds is 5. The minimum atomic E-state index is -0.266. The molecule has 0 radical (unpaired) electrons. The first-order valence-corrected chi connectivity index (χ1v) is 6.05. The van der Waals surface area contributed by atoms with Crippen LogP contribution < -0.4 is 0 Å². The van der Waals surface area contributed by atoms with Crippen molar-refractivity contribution >= 4 is 12.0 Å². The molecule has 1 aromatic rings. The van der Waals surface area contributed by atoms with Crippen LogP contribution in [0.5, 0.6) is 0 Å². The van der Waals surface area contributed by atoms with E-state index in [0.29, 0.717) is 6.61 Å². The number of unbranched alkanes of at least 4 members (excludes halogenated alkanes) is 1. The van der Waals surface area contributed by atoms with Gasteiger partial charge in [0.15, 0.2) is 0 Å². The number of hydrogen-bond donors (Lipinski definition) is 0. The molecule has 0 aromatic heterocycles. The van der Waals surface area contributed by atoms with Gasteiger partial charge in [-0.3, -0.25) is 0 Å². The summed E-state index contributed by atoms with van der Waals surface area (Å²) in [6, 6.07) is 6.20. The van der Waals surface area contributed by atoms with Crippen molar-refractivity contribution in [1.82, 2.24) is 0 Å². The maximum Gasteiger partial charge on any atom is 0.330 e. The minimum Gasteiger partial charge on any atom is -0.463 e. The number of benzene rings is 1. The van der Waals surface area contributed by atoms with Crippen molar-refractivity contribution in [1.29, 1.82) is 0 Å². The van der Waals surface area contributed by atoms with E-state index in [-0.39, 0.29) is 5.97 Å². The highest BCUT2D eigenvalue weighted by atomic mass is 16.5. The molecule has 0 aliphatic carbocycles. The van der Waals surface area contributed by atoms with E-state index in [1.807, 2.05) is 26.0 Å². The Morgan fingerprint density at radius 3 is 2.47 bits per heavy atom. The molecule has 92 valence electrons. The highest BCUT2D eigenvalue weighted by Crippen LogP contribution is 2.10. The summed E-state index contributed by atoms with van der Waals surface area (Å²) in [6.07, 6.45) is 5.25. The van der Waals surface area contributed by atoms with E-state index >= 15 is 0 Å². The standard InChI is InChI=1S/C15H20O2/c1-4-5-8-17-15(16)7-6-14-10-12(2)9-13(3)11-14/h6-7,9-11H,4-5,8H2,1-3H3/b7-6+. The maximum atomic E-state index is 11.4. The summed E-state index contributed by atoms with van der Waals surface area (Å²) >= 11 is 0. The molecule has 0 amide bonds. The first-order chi connectivity index (χ1) is 8.11. The van der Waals surface area contributed by atoms with Gasteiger partial charge in [0.2, 0.25) is 0 Å². The van der Waals surface area contributed by atoms with Gasteiger partial charge >= 0.3 is 5.97 Å². The molecule has 2 nitrogen and oxygen atoms in total. The van der Waals surface area contributed by atoms with Crippen LogP contribution in [0.15, 0.2) is 24.3 Å². The number of esters is 1. The monoisotopic (exact) mass is 232 g/mol. The zero-order valence-electron chi connectivity index (χ0n) is 10.8. The summed E-state index contributed by atoms with van der Waals surface area (Å²) in [5.41, 5.74) is 3.43. The second-order valence-corrected chi connectivity index (χ2v) is 4.28. The van der Waals surface area contributed by atoms with E-state index in [9.17, 15) is 4.79 Å². The number of carbonyl (C=O) groups is 1. The van der Waals surface area contributed by atoms with Gasteiger partial charge in [0.05, 0.1) is 6.61 Å². The van der Waals surface area contributed by atoms with E-state index < -0.39 is 0 Å². The van der Waals surface area contributed by atoms with Crippen LogP contribution in [0.25, 0.3) is 6.08 Å². The lowest BCUT2D eigenvalue weighted by Gasteiger charge is -2.01. The van der Waals surface area contributed by atoms with Crippen LogP contribution in [0, 0.1) is 13.8 Å². The molecule has 0 saturated heterocycles. The Labute approximate surface area is 103 Å². The fourth-order valence-corrected chi connectivity index (χ4v) is 1.64. The van der Waals surface area contributed by atoms with Crippen LogP contribution in [-0.4, -0.2) is 12.6 Å². The summed E-state index contributed by atoms with van der Waals surface area (Å²) in [5, 5.41) is 0. The van der Waals surface area contributed by atoms with Gasteiger partial charge in [-0.05, 0) is 31.9 Å². The third-order valence-electron chi connectivity index (χ3n) is 2.40. The lowest BCUT2D eigenvalue weighted by molar-refractivity contribution is -0.137. The molecule has 0 atom stereocenters. The van der Waals surface area contributed by atoms with Crippen molar-refractivity contribution in [2.45, 2.75) is 33.6 Å². The van der Waals surface area contributed by atoms with Gasteiger partial charge in [-0.25, -0.2) is 4.79 Å². The van der Waals surface area contributed by atoms with Gasteiger partial charge in [-0.2, -0.15) is 0 Å². The predicted molar refractivity (Wildman–Crippen MR) is 70.8 cm³/mol. The number of aryl methyl sites for hydroxylation is 2. The zero-order chi connectivity index (χ0) is 12.7. The van der Waals surface area contributed by atoms with E-state index in [2.05, 4.69) is 13.0 Å². The number of carbonyl (C=O) groups excluding carboxylic acids is 1. The van der Waals surface area contributed by atoms with Crippen molar-refractivity contribution in [3.8, 4) is 0 Å². The van der Waals surface area contributed by atoms with Crippen LogP contribution >= 0.6 is 0 Å².